The Bertz CT molecular complexity index is 5410. The number of halogens is 4. The Balaban J connectivity index is 0.997. The van der Waals surface area contributed by atoms with E-state index in [1.54, 1.807) is 13.0 Å². The van der Waals surface area contributed by atoms with Crippen molar-refractivity contribution in [2.45, 2.75) is 169 Å². The summed E-state index contributed by atoms with van der Waals surface area (Å²) in [7, 11) is 2.80. The number of amides is 9. The summed E-state index contributed by atoms with van der Waals surface area (Å²) >= 11 is 26.6. The number of ether oxygens (including phenoxy) is 7. The van der Waals surface area contributed by atoms with Crippen molar-refractivity contribution >= 4 is 105 Å². The van der Waals surface area contributed by atoms with Crippen LogP contribution in [0.25, 0.3) is 11.1 Å². The topological polar surface area (TPSA) is 591 Å². The van der Waals surface area contributed by atoms with E-state index in [9.17, 15) is 69.9 Å². The highest BCUT2D eigenvalue weighted by Gasteiger charge is 2.52. The van der Waals surface area contributed by atoms with E-state index >= 15 is 24.0 Å². The lowest BCUT2D eigenvalue weighted by molar-refractivity contribution is -0.334. The van der Waals surface area contributed by atoms with E-state index < -0.39 is 254 Å². The van der Waals surface area contributed by atoms with Crippen molar-refractivity contribution in [1.29, 1.82) is 0 Å². The molecular formula is C83H93Cl4N13O27. The zero-order valence-electron chi connectivity index (χ0n) is 68.5. The number of aliphatic hydroxyl groups excluding tert-OH is 6. The van der Waals surface area contributed by atoms with Crippen LogP contribution >= 0.6 is 46.4 Å². The number of methoxy groups -OCH3 is 1. The lowest BCUT2D eigenvalue weighted by Crippen LogP contribution is -2.65. The van der Waals surface area contributed by atoms with Crippen LogP contribution < -0.4 is 79.0 Å². The van der Waals surface area contributed by atoms with Gasteiger partial charge in [-0.3, -0.25) is 52.6 Å². The highest BCUT2D eigenvalue weighted by Crippen LogP contribution is 2.50. The average molecular weight is 1850 g/mol. The number of nitrogens with two attached hydrogens (primary N) is 1. The Morgan fingerprint density at radius 1 is 0.701 bits per heavy atom. The van der Waals surface area contributed by atoms with Gasteiger partial charge in [-0.15, -0.1) is 0 Å². The second kappa shape index (κ2) is 40.9. The molecule has 44 heteroatoms. The first-order valence-electron chi connectivity index (χ1n) is 39.8. The molecule has 0 saturated carbocycles. The number of hydroxylamine groups is 1. The fourth-order valence-electron chi connectivity index (χ4n) is 15.1. The maximum atomic E-state index is 16.4. The first-order valence-corrected chi connectivity index (χ1v) is 41.3. The third-order valence-corrected chi connectivity index (χ3v) is 23.0. The fourth-order valence-corrected chi connectivity index (χ4v) is 15.9. The van der Waals surface area contributed by atoms with E-state index in [-0.39, 0.29) is 84.8 Å². The fraction of sp³-hybridized carbons (Fsp3) is 0.410. The van der Waals surface area contributed by atoms with Gasteiger partial charge in [-0.05, 0) is 139 Å². The normalized spacial score (nSPS) is 25.7. The van der Waals surface area contributed by atoms with Crippen molar-refractivity contribution in [1.82, 2.24) is 57.6 Å². The van der Waals surface area contributed by atoms with Gasteiger partial charge in [0.05, 0.1) is 71.0 Å². The number of aromatic nitrogens is 2. The minimum atomic E-state index is -2.40. The minimum absolute atomic E-state index is 0.0422. The van der Waals surface area contributed by atoms with E-state index in [1.807, 2.05) is 13.8 Å². The number of likely N-dealkylation sites (N-methyl/N-ethyl adjacent to an activating group) is 1. The molecule has 2 saturated heterocycles. The number of phenols is 3. The maximum absolute atomic E-state index is 16.4. The van der Waals surface area contributed by atoms with Gasteiger partial charge in [-0.25, -0.2) is 10.3 Å². The molecule has 0 spiro atoms. The summed E-state index contributed by atoms with van der Waals surface area (Å²) in [5.74, 6) is -16.2. The van der Waals surface area contributed by atoms with Crippen molar-refractivity contribution in [3.63, 3.8) is 0 Å². The molecule has 40 nitrogen and oxygen atoms in total. The van der Waals surface area contributed by atoms with Crippen molar-refractivity contribution in [3.8, 4) is 57.1 Å². The summed E-state index contributed by atoms with van der Waals surface area (Å²) < 4.78 is 45.7. The number of anilines is 1. The maximum Gasteiger partial charge on any atom is 0.349 e. The number of nitrogens with one attached hydrogen (secondary N) is 10. The van der Waals surface area contributed by atoms with E-state index in [0.717, 1.165) is 66.7 Å². The van der Waals surface area contributed by atoms with Gasteiger partial charge in [0.15, 0.2) is 23.9 Å². The number of hydrogen-bond acceptors (Lipinski definition) is 30. The van der Waals surface area contributed by atoms with E-state index in [1.165, 1.54) is 62.2 Å². The lowest BCUT2D eigenvalue weighted by atomic mass is 9.85. The highest BCUT2D eigenvalue weighted by molar-refractivity contribution is 6.42. The zero-order chi connectivity index (χ0) is 91.9. The van der Waals surface area contributed by atoms with Crippen molar-refractivity contribution in [2.75, 3.05) is 45.8 Å². The second-order valence-corrected chi connectivity index (χ2v) is 32.9. The SMILES string of the molecule is CN[C@H](CC(C)C)C(=O)N[C@H]1C(=O)N[C@@H](CC(N)=O)C(=O)NC2C(=O)N[C@H]3C(=O)N[C@H](C(=O)N[C@@H](C(=O)NOCCOC)c4cc(O)cc(O)c4-c4cc3ccc4O)[C@H](O)c3ccc(c(Cl)c3)Oc3cc2cc(c3O[C@@H]2O[C@H](CO)[C@@H](O)[C@H](O)[C@H]2O[C@H]2C[C@](C)(NCCn3ccc(NC(=O)Cc4ccc(Cl)c(Cl)c4)nc3=O)[C@H](O)[C@H](C)O2)Oc2ccc(cc2Cl)[C@H]1O. The first-order chi connectivity index (χ1) is 60.3. The van der Waals surface area contributed by atoms with Gasteiger partial charge in [-0.2, -0.15) is 4.98 Å². The Morgan fingerprint density at radius 3 is 2.00 bits per heavy atom. The quantitative estimate of drug-likeness (QED) is 0.0304. The molecule has 8 heterocycles. The van der Waals surface area contributed by atoms with Gasteiger partial charge < -0.3 is 133 Å². The van der Waals surface area contributed by atoms with Crippen molar-refractivity contribution in [3.05, 3.63) is 173 Å². The van der Waals surface area contributed by atoms with Crippen LogP contribution in [0, 0.1) is 5.92 Å². The van der Waals surface area contributed by atoms with E-state index in [2.05, 4.69) is 58.3 Å². The molecule has 0 aliphatic carbocycles. The molecule has 1 aromatic heterocycles. The third-order valence-electron chi connectivity index (χ3n) is 21.7. The van der Waals surface area contributed by atoms with Crippen LogP contribution in [-0.2, 0) is 79.9 Å². The first kappa shape index (κ1) is 95.0. The number of rotatable bonds is 24. The number of benzene rings is 6. The molecule has 18 atom stereocenters. The number of carbonyl (C=O) groups excluding carboxylic acids is 9. The molecule has 680 valence electrons. The number of aromatic hydroxyl groups is 3. The molecule has 2 fully saturated rings. The number of carbonyl (C=O) groups is 9. The van der Waals surface area contributed by atoms with Crippen molar-refractivity contribution < 1.29 is 127 Å². The van der Waals surface area contributed by atoms with E-state index in [0.29, 0.717) is 10.6 Å². The zero-order valence-corrected chi connectivity index (χ0v) is 71.5. The van der Waals surface area contributed by atoms with E-state index in [4.69, 9.17) is 90.1 Å². The summed E-state index contributed by atoms with van der Waals surface area (Å²) in [5.41, 5.74) is 3.58. The summed E-state index contributed by atoms with van der Waals surface area (Å²) in [6.45, 7) is 5.22. The van der Waals surface area contributed by atoms with Gasteiger partial charge in [0, 0.05) is 55.5 Å². The molecule has 9 amide bonds. The molecular weight excluding hydrogens is 1750 g/mol. The molecule has 1 unspecified atom stereocenters. The third kappa shape index (κ3) is 22.0. The van der Waals surface area contributed by atoms with Gasteiger partial charge in [0.2, 0.25) is 59.3 Å². The standard InChI is InChI=1S/C83H93Cl4N13O27/c1-34(2)21-48(89-5)74(112)97-65-67(107)38-9-13-52(46(86)25-38)123-54-27-40-28-55(71(54)127-81-72(70(110)69(109)56(33-101)125-81)126-60-32-83(4,73(111)35(3)122-60)90-16-18-100-17-15-58(93-82(100)119)92-59(106)23-36-7-11-44(84)45(85)22-36)124-53-14-10-39(26-47(53)87)68(108)66-79(117)96-64(80(118)99-121-20-19-120-6)43-29-41(102)30-51(104)61(43)42-24-37(8-12-50(42)103)62(76(114)98-66)95-77(115)63(40)94-75(113)49(31-57(88)105)91-78(65)116/h7-15,17,22,24-30,34-35,48-49,56,60,62-70,72-73,81,89-90,101-104,107-111H,16,18-21,23,31-33H2,1-6H3,(H2,88,105)(H,91,116)(H,94,113)(H,95,115)(H,96,117)(H,97,112)(H,98,114)(H,99,118)(H,92,93,106,119)/t35-,48+,49-,56+,60-,62+,63?,64+,65+,66-,67+,68+,69+,70-,72+,73+,81-,83-/m0/s1. The number of primary amides is 1. The van der Waals surface area contributed by atoms with Crippen LogP contribution in [0.1, 0.15) is 111 Å². The minimum Gasteiger partial charge on any atom is -0.508 e. The summed E-state index contributed by atoms with van der Waals surface area (Å²) in [6, 6.07) is 5.50. The lowest BCUT2D eigenvalue weighted by Gasteiger charge is -2.48. The van der Waals surface area contributed by atoms with Crippen LogP contribution in [0.15, 0.2) is 114 Å². The van der Waals surface area contributed by atoms with Gasteiger partial charge in [-0.1, -0.05) is 84.5 Å². The molecule has 11 bridgehead atoms. The molecule has 0 radical (unpaired) electrons. The smallest absolute Gasteiger partial charge is 0.349 e. The molecule has 127 heavy (non-hydrogen) atoms. The molecule has 21 N–H and O–H groups in total. The molecule has 7 aliphatic heterocycles. The largest absolute Gasteiger partial charge is 0.508 e. The molecule has 6 aromatic carbocycles. The predicted molar refractivity (Wildman–Crippen MR) is 449 cm³/mol. The number of aliphatic hydroxyl groups is 6. The van der Waals surface area contributed by atoms with Gasteiger partial charge in [0.1, 0.15) is 101 Å². The Morgan fingerprint density at radius 2 is 1.36 bits per heavy atom. The van der Waals surface area contributed by atoms with Gasteiger partial charge >= 0.3 is 5.69 Å². The average Bonchev–Trinajstić information content (AvgIpc) is 0.766. The molecule has 7 aliphatic rings. The van der Waals surface area contributed by atoms with Crippen LogP contribution in [0.2, 0.25) is 20.1 Å². The second-order valence-electron chi connectivity index (χ2n) is 31.3. The molecule has 7 aromatic rings. The Kier molecular flexibility index (Phi) is 30.6. The van der Waals surface area contributed by atoms with Crippen LogP contribution in [-0.4, -0.2) is 228 Å². The molecule has 14 rings (SSSR count). The van der Waals surface area contributed by atoms with Gasteiger partial charge in [0.25, 0.3) is 5.91 Å². The Labute approximate surface area is 743 Å². The van der Waals surface area contributed by atoms with Crippen LogP contribution in [0.5, 0.6) is 46.0 Å². The highest BCUT2D eigenvalue weighted by atomic mass is 35.5. The summed E-state index contributed by atoms with van der Waals surface area (Å²) in [5, 5.41) is 130. The summed E-state index contributed by atoms with van der Waals surface area (Å²) in [6.07, 6.45) is -18.3. The monoisotopic (exact) mass is 1840 g/mol. The predicted octanol–water partition coefficient (Wildman–Crippen LogP) is 2.09. The number of nitrogens with zero attached hydrogens (tertiary/aromatic N) is 2. The van der Waals surface area contributed by atoms with Crippen LogP contribution in [0.4, 0.5) is 5.82 Å². The number of hydrogen-bond donors (Lipinski definition) is 20. The van der Waals surface area contributed by atoms with Crippen LogP contribution in [0.3, 0.4) is 0 Å². The summed E-state index contributed by atoms with van der Waals surface area (Å²) in [4.78, 5) is 156. The number of fused-ring (bicyclic) bond motifs is 15. The number of phenolic OH excluding ortho intramolecular Hbond substituents is 3. The Hall–Kier alpha value is -11.1. The van der Waals surface area contributed by atoms with Crippen molar-refractivity contribution in [2.24, 2.45) is 11.7 Å².